The number of nitrogens with one attached hydrogen (secondary N) is 3. The average Bonchev–Trinajstić information content (AvgIpc) is 3.21. The van der Waals surface area contributed by atoms with Crippen LogP contribution in [0.2, 0.25) is 0 Å². The van der Waals surface area contributed by atoms with Gasteiger partial charge < -0.3 is 20.9 Å². The van der Waals surface area contributed by atoms with Crippen LogP contribution >= 0.6 is 24.0 Å². The Hall–Kier alpha value is -2.29. The molecule has 6 nitrogen and oxygen atoms in total. The molecule has 1 atom stereocenters. The fourth-order valence-corrected chi connectivity index (χ4v) is 3.39. The molecule has 1 heterocycles. The van der Waals surface area contributed by atoms with E-state index in [2.05, 4.69) is 52.0 Å². The first kappa shape index (κ1) is 23.0. The third-order valence-corrected chi connectivity index (χ3v) is 4.83. The standard InChI is InChI=1S/C22H29N5O.HI/c1-3-24-22(25-15-17-8-7-9-18(14-17)21(28)23-2)26-19-12-13-27(16-19)20-10-5-4-6-11-20;/h4-11,14,19H,3,12-13,15-16H2,1-2H3,(H,23,28)(H2,24,25,26);1H. The monoisotopic (exact) mass is 507 g/mol. The summed E-state index contributed by atoms with van der Waals surface area (Å²) >= 11 is 0. The molecule has 7 heteroatoms. The molecule has 1 aliphatic rings. The molecule has 1 unspecified atom stereocenters. The molecular formula is C22H30IN5O. The van der Waals surface area contributed by atoms with E-state index in [1.54, 1.807) is 7.05 Å². The fourth-order valence-electron chi connectivity index (χ4n) is 3.39. The zero-order valence-electron chi connectivity index (χ0n) is 17.0. The van der Waals surface area contributed by atoms with Crippen molar-refractivity contribution in [2.45, 2.75) is 25.9 Å². The molecule has 0 aliphatic carbocycles. The van der Waals surface area contributed by atoms with E-state index in [1.165, 1.54) is 5.69 Å². The third-order valence-electron chi connectivity index (χ3n) is 4.83. The molecule has 1 aliphatic heterocycles. The molecule has 29 heavy (non-hydrogen) atoms. The number of para-hydroxylation sites is 1. The van der Waals surface area contributed by atoms with Crippen molar-refractivity contribution in [1.82, 2.24) is 16.0 Å². The van der Waals surface area contributed by atoms with Gasteiger partial charge in [-0.25, -0.2) is 4.99 Å². The Balaban J connectivity index is 0.00000300. The van der Waals surface area contributed by atoms with Gasteiger partial charge in [-0.2, -0.15) is 0 Å². The van der Waals surface area contributed by atoms with Gasteiger partial charge in [0.15, 0.2) is 5.96 Å². The summed E-state index contributed by atoms with van der Waals surface area (Å²) in [6.45, 7) is 5.39. The SMILES string of the molecule is CCNC(=NCc1cccc(C(=O)NC)c1)NC1CCN(c2ccccc2)C1.I. The Kier molecular flexibility index (Phi) is 9.24. The number of carbonyl (C=O) groups is 1. The number of rotatable bonds is 6. The Morgan fingerprint density at radius 3 is 2.69 bits per heavy atom. The second-order valence-corrected chi connectivity index (χ2v) is 6.89. The summed E-state index contributed by atoms with van der Waals surface area (Å²) in [5.74, 6) is 0.732. The van der Waals surface area contributed by atoms with Crippen molar-refractivity contribution in [3.8, 4) is 0 Å². The summed E-state index contributed by atoms with van der Waals surface area (Å²) in [7, 11) is 1.64. The molecule has 0 radical (unpaired) electrons. The molecule has 1 fully saturated rings. The number of aliphatic imine (C=N–C) groups is 1. The lowest BCUT2D eigenvalue weighted by atomic mass is 10.1. The molecule has 1 saturated heterocycles. The van der Waals surface area contributed by atoms with Crippen molar-refractivity contribution in [2.75, 3.05) is 31.6 Å². The lowest BCUT2D eigenvalue weighted by Gasteiger charge is -2.20. The highest BCUT2D eigenvalue weighted by Gasteiger charge is 2.23. The molecule has 3 rings (SSSR count). The van der Waals surface area contributed by atoms with E-state index in [0.29, 0.717) is 18.2 Å². The van der Waals surface area contributed by atoms with E-state index in [4.69, 9.17) is 4.99 Å². The highest BCUT2D eigenvalue weighted by atomic mass is 127. The van der Waals surface area contributed by atoms with E-state index < -0.39 is 0 Å². The Morgan fingerprint density at radius 2 is 1.97 bits per heavy atom. The summed E-state index contributed by atoms with van der Waals surface area (Å²) in [5.41, 5.74) is 2.93. The second-order valence-electron chi connectivity index (χ2n) is 6.89. The van der Waals surface area contributed by atoms with Gasteiger partial charge in [-0.1, -0.05) is 30.3 Å². The largest absolute Gasteiger partial charge is 0.369 e. The Morgan fingerprint density at radius 1 is 1.17 bits per heavy atom. The second kappa shape index (κ2) is 11.6. The molecule has 0 spiro atoms. The summed E-state index contributed by atoms with van der Waals surface area (Å²) in [5, 5.41) is 9.53. The maximum atomic E-state index is 11.8. The molecule has 156 valence electrons. The van der Waals surface area contributed by atoms with Crippen molar-refractivity contribution in [2.24, 2.45) is 4.99 Å². The number of hydrogen-bond donors (Lipinski definition) is 3. The number of amides is 1. The molecule has 2 aromatic carbocycles. The van der Waals surface area contributed by atoms with Gasteiger partial charge in [-0.3, -0.25) is 4.79 Å². The minimum Gasteiger partial charge on any atom is -0.369 e. The molecule has 0 saturated carbocycles. The van der Waals surface area contributed by atoms with Crippen LogP contribution < -0.4 is 20.9 Å². The van der Waals surface area contributed by atoms with Crippen LogP contribution in [0.1, 0.15) is 29.3 Å². The maximum Gasteiger partial charge on any atom is 0.251 e. The summed E-state index contributed by atoms with van der Waals surface area (Å²) < 4.78 is 0. The average molecular weight is 507 g/mol. The highest BCUT2D eigenvalue weighted by molar-refractivity contribution is 14.0. The number of nitrogens with zero attached hydrogens (tertiary/aromatic N) is 2. The van der Waals surface area contributed by atoms with Crippen molar-refractivity contribution >= 4 is 41.5 Å². The first-order valence-electron chi connectivity index (χ1n) is 9.85. The van der Waals surface area contributed by atoms with Crippen LogP contribution in [-0.2, 0) is 6.54 Å². The number of halogens is 1. The number of anilines is 1. The third kappa shape index (κ3) is 6.62. The van der Waals surface area contributed by atoms with Crippen LogP contribution in [0, 0.1) is 0 Å². The summed E-state index contributed by atoms with van der Waals surface area (Å²) in [6, 6.07) is 18.5. The van der Waals surface area contributed by atoms with Crippen molar-refractivity contribution in [3.63, 3.8) is 0 Å². The number of guanidine groups is 1. The van der Waals surface area contributed by atoms with Gasteiger partial charge in [0.05, 0.1) is 6.54 Å². The quantitative estimate of drug-likeness (QED) is 0.320. The van der Waals surface area contributed by atoms with Crippen LogP contribution in [-0.4, -0.2) is 44.6 Å². The number of benzene rings is 2. The van der Waals surface area contributed by atoms with Crippen molar-refractivity contribution in [3.05, 3.63) is 65.7 Å². The molecule has 2 aromatic rings. The Bertz CT molecular complexity index is 812. The normalized spacial score (nSPS) is 16.1. The zero-order chi connectivity index (χ0) is 19.8. The number of hydrogen-bond acceptors (Lipinski definition) is 3. The predicted molar refractivity (Wildman–Crippen MR) is 130 cm³/mol. The predicted octanol–water partition coefficient (Wildman–Crippen LogP) is 3.00. The van der Waals surface area contributed by atoms with Gasteiger partial charge in [0.2, 0.25) is 0 Å². The summed E-state index contributed by atoms with van der Waals surface area (Å²) in [4.78, 5) is 18.9. The zero-order valence-corrected chi connectivity index (χ0v) is 19.4. The van der Waals surface area contributed by atoms with Crippen LogP contribution in [0.3, 0.4) is 0 Å². The van der Waals surface area contributed by atoms with Gasteiger partial charge in [-0.15, -0.1) is 24.0 Å². The first-order valence-corrected chi connectivity index (χ1v) is 9.85. The molecule has 3 N–H and O–H groups in total. The van der Waals surface area contributed by atoms with Crippen LogP contribution in [0.4, 0.5) is 5.69 Å². The lowest BCUT2D eigenvalue weighted by molar-refractivity contribution is 0.0963. The maximum absolute atomic E-state index is 11.8. The fraction of sp³-hybridized carbons (Fsp3) is 0.364. The smallest absolute Gasteiger partial charge is 0.251 e. The lowest BCUT2D eigenvalue weighted by Crippen LogP contribution is -2.44. The van der Waals surface area contributed by atoms with Crippen molar-refractivity contribution < 1.29 is 4.79 Å². The van der Waals surface area contributed by atoms with Gasteiger partial charge in [0, 0.05) is 44.0 Å². The first-order chi connectivity index (χ1) is 13.7. The van der Waals surface area contributed by atoms with Gasteiger partial charge >= 0.3 is 0 Å². The minimum absolute atomic E-state index is 0. The van der Waals surface area contributed by atoms with Crippen LogP contribution in [0.15, 0.2) is 59.6 Å². The molecular weight excluding hydrogens is 477 g/mol. The van der Waals surface area contributed by atoms with Gasteiger partial charge in [0.25, 0.3) is 5.91 Å². The van der Waals surface area contributed by atoms with Gasteiger partial charge in [-0.05, 0) is 43.2 Å². The summed E-state index contributed by atoms with van der Waals surface area (Å²) in [6.07, 6.45) is 1.07. The number of carbonyl (C=O) groups excluding carboxylic acids is 1. The van der Waals surface area contributed by atoms with E-state index >= 15 is 0 Å². The van der Waals surface area contributed by atoms with E-state index in [0.717, 1.165) is 37.6 Å². The Labute approximate surface area is 190 Å². The van der Waals surface area contributed by atoms with Crippen LogP contribution in [0.5, 0.6) is 0 Å². The van der Waals surface area contributed by atoms with E-state index in [1.807, 2.05) is 30.3 Å². The topological polar surface area (TPSA) is 68.8 Å². The van der Waals surface area contributed by atoms with Crippen LogP contribution in [0.25, 0.3) is 0 Å². The van der Waals surface area contributed by atoms with E-state index in [-0.39, 0.29) is 29.9 Å². The molecule has 0 aromatic heterocycles. The molecule has 1 amide bonds. The highest BCUT2D eigenvalue weighted by Crippen LogP contribution is 2.19. The van der Waals surface area contributed by atoms with Crippen molar-refractivity contribution in [1.29, 1.82) is 0 Å². The minimum atomic E-state index is -0.0807. The van der Waals surface area contributed by atoms with E-state index in [9.17, 15) is 4.79 Å². The van der Waals surface area contributed by atoms with Gasteiger partial charge in [0.1, 0.15) is 0 Å². The molecule has 0 bridgehead atoms.